The molecule has 0 saturated heterocycles. The minimum absolute atomic E-state index is 0.00741. The molecule has 3 heteroatoms. The maximum atomic E-state index is 9.50. The topological polar surface area (TPSA) is 53.4 Å². The molecule has 0 fully saturated rings. The van der Waals surface area contributed by atoms with Gasteiger partial charge in [0.05, 0.1) is 12.7 Å². The summed E-state index contributed by atoms with van der Waals surface area (Å²) in [6.07, 6.45) is 3.53. The van der Waals surface area contributed by atoms with Gasteiger partial charge in [0, 0.05) is 18.3 Å². The molecule has 0 aliphatic rings. The fraction of sp³-hybridized carbons (Fsp3) is 0.500. The Morgan fingerprint density at radius 3 is 2.46 bits per heavy atom. The summed E-state index contributed by atoms with van der Waals surface area (Å²) in [6.45, 7) is 1.80. The first-order chi connectivity index (χ1) is 6.29. The number of aliphatic hydroxyl groups excluding tert-OH is 2. The summed E-state index contributed by atoms with van der Waals surface area (Å²) >= 11 is 0. The number of hydrogen-bond acceptors (Lipinski definition) is 3. The minimum atomic E-state index is -0.674. The normalized spacial score (nSPS) is 15.3. The van der Waals surface area contributed by atoms with E-state index in [0.717, 1.165) is 12.0 Å². The summed E-state index contributed by atoms with van der Waals surface area (Å²) in [5.41, 5.74) is 1.03. The Morgan fingerprint density at radius 1 is 1.38 bits per heavy atom. The Hall–Kier alpha value is -0.930. The lowest BCUT2D eigenvalue weighted by Crippen LogP contribution is -2.21. The third kappa shape index (κ3) is 2.50. The molecule has 0 spiro atoms. The van der Waals surface area contributed by atoms with Gasteiger partial charge in [-0.3, -0.25) is 4.98 Å². The number of aromatic nitrogens is 1. The molecule has 0 radical (unpaired) electrons. The predicted octanol–water partition coefficient (Wildman–Crippen LogP) is 0.928. The highest BCUT2D eigenvalue weighted by Crippen LogP contribution is 2.22. The van der Waals surface area contributed by atoms with Gasteiger partial charge in [0.2, 0.25) is 0 Å². The predicted molar refractivity (Wildman–Crippen MR) is 50.4 cm³/mol. The van der Waals surface area contributed by atoms with Crippen LogP contribution in [0.2, 0.25) is 0 Å². The molecule has 0 aliphatic heterocycles. The molecule has 0 saturated carbocycles. The molecule has 0 aromatic carbocycles. The van der Waals surface area contributed by atoms with Crippen LogP contribution in [0.1, 0.15) is 24.8 Å². The lowest BCUT2D eigenvalue weighted by atomic mass is 9.92. The summed E-state index contributed by atoms with van der Waals surface area (Å²) in [6, 6.07) is 3.74. The molecular formula is C10H15NO2. The lowest BCUT2D eigenvalue weighted by Gasteiger charge is -2.19. The van der Waals surface area contributed by atoms with Gasteiger partial charge in [-0.05, 0) is 24.1 Å². The van der Waals surface area contributed by atoms with Crippen molar-refractivity contribution in [1.82, 2.24) is 4.98 Å². The Balaban J connectivity index is 2.78. The van der Waals surface area contributed by atoms with Crippen molar-refractivity contribution in [1.29, 1.82) is 0 Å². The molecule has 2 unspecified atom stereocenters. The quantitative estimate of drug-likeness (QED) is 0.726. The van der Waals surface area contributed by atoms with Crippen LogP contribution in [0.3, 0.4) is 0 Å². The average Bonchev–Trinajstić information content (AvgIpc) is 2.20. The van der Waals surface area contributed by atoms with E-state index in [9.17, 15) is 5.11 Å². The van der Waals surface area contributed by atoms with Crippen molar-refractivity contribution in [2.75, 3.05) is 6.61 Å². The number of aliphatic hydroxyl groups is 2. The smallest absolute Gasteiger partial charge is 0.0839 e. The van der Waals surface area contributed by atoms with Gasteiger partial charge in [0.25, 0.3) is 0 Å². The average molecular weight is 181 g/mol. The SMILES string of the molecule is CCC(c1ccncc1)C(O)CO. The van der Waals surface area contributed by atoms with Gasteiger partial charge in [-0.15, -0.1) is 0 Å². The largest absolute Gasteiger partial charge is 0.394 e. The Bertz CT molecular complexity index is 238. The van der Waals surface area contributed by atoms with Crippen LogP contribution < -0.4 is 0 Å². The van der Waals surface area contributed by atoms with Crippen LogP contribution in [0.4, 0.5) is 0 Å². The Morgan fingerprint density at radius 2 is 2.00 bits per heavy atom. The number of rotatable bonds is 4. The van der Waals surface area contributed by atoms with Crippen LogP contribution in [-0.2, 0) is 0 Å². The van der Waals surface area contributed by atoms with Crippen molar-refractivity contribution < 1.29 is 10.2 Å². The Labute approximate surface area is 78.1 Å². The van der Waals surface area contributed by atoms with Crippen molar-refractivity contribution in [3.8, 4) is 0 Å². The second-order valence-electron chi connectivity index (χ2n) is 3.05. The van der Waals surface area contributed by atoms with E-state index >= 15 is 0 Å². The van der Waals surface area contributed by atoms with Crippen LogP contribution in [0, 0.1) is 0 Å². The zero-order valence-corrected chi connectivity index (χ0v) is 7.72. The van der Waals surface area contributed by atoms with E-state index in [1.54, 1.807) is 12.4 Å². The van der Waals surface area contributed by atoms with Crippen molar-refractivity contribution in [2.45, 2.75) is 25.4 Å². The van der Waals surface area contributed by atoms with Gasteiger partial charge in [-0.1, -0.05) is 6.92 Å². The minimum Gasteiger partial charge on any atom is -0.394 e. The monoisotopic (exact) mass is 181 g/mol. The van der Waals surface area contributed by atoms with Crippen LogP contribution in [0.5, 0.6) is 0 Å². The zero-order chi connectivity index (χ0) is 9.68. The molecule has 2 atom stereocenters. The van der Waals surface area contributed by atoms with E-state index in [2.05, 4.69) is 4.98 Å². The molecule has 0 amide bonds. The molecule has 1 rings (SSSR count). The summed E-state index contributed by atoms with van der Waals surface area (Å²) in [5, 5.41) is 18.3. The standard InChI is InChI=1S/C10H15NO2/c1-2-9(10(13)7-12)8-3-5-11-6-4-8/h3-6,9-10,12-13H,2,7H2,1H3. The summed E-state index contributed by atoms with van der Waals surface area (Å²) in [5.74, 6) is 0.00741. The van der Waals surface area contributed by atoms with Crippen LogP contribution >= 0.6 is 0 Å². The maximum absolute atomic E-state index is 9.50. The first kappa shape index (κ1) is 10.2. The van der Waals surface area contributed by atoms with Gasteiger partial charge in [0.1, 0.15) is 0 Å². The van der Waals surface area contributed by atoms with Crippen molar-refractivity contribution >= 4 is 0 Å². The molecule has 0 bridgehead atoms. The first-order valence-electron chi connectivity index (χ1n) is 4.48. The van der Waals surface area contributed by atoms with Gasteiger partial charge >= 0.3 is 0 Å². The number of pyridine rings is 1. The molecule has 1 heterocycles. The zero-order valence-electron chi connectivity index (χ0n) is 7.72. The van der Waals surface area contributed by atoms with Crippen molar-refractivity contribution in [3.05, 3.63) is 30.1 Å². The van der Waals surface area contributed by atoms with Gasteiger partial charge in [-0.2, -0.15) is 0 Å². The van der Waals surface area contributed by atoms with Gasteiger partial charge in [0.15, 0.2) is 0 Å². The van der Waals surface area contributed by atoms with Gasteiger partial charge < -0.3 is 10.2 Å². The summed E-state index contributed by atoms with van der Waals surface area (Å²) in [7, 11) is 0. The van der Waals surface area contributed by atoms with Crippen molar-refractivity contribution in [2.24, 2.45) is 0 Å². The Kier molecular flexibility index (Phi) is 3.86. The molecule has 1 aromatic heterocycles. The van der Waals surface area contributed by atoms with Gasteiger partial charge in [-0.25, -0.2) is 0 Å². The van der Waals surface area contributed by atoms with Crippen LogP contribution in [0.15, 0.2) is 24.5 Å². The van der Waals surface area contributed by atoms with Crippen LogP contribution in [0.25, 0.3) is 0 Å². The summed E-state index contributed by atoms with van der Waals surface area (Å²) < 4.78 is 0. The van der Waals surface area contributed by atoms with E-state index in [-0.39, 0.29) is 12.5 Å². The molecule has 72 valence electrons. The van der Waals surface area contributed by atoms with E-state index < -0.39 is 6.10 Å². The third-order valence-corrected chi connectivity index (χ3v) is 2.23. The molecular weight excluding hydrogens is 166 g/mol. The molecule has 13 heavy (non-hydrogen) atoms. The lowest BCUT2D eigenvalue weighted by molar-refractivity contribution is 0.0713. The molecule has 3 nitrogen and oxygen atoms in total. The highest BCUT2D eigenvalue weighted by atomic mass is 16.3. The van der Waals surface area contributed by atoms with Crippen LogP contribution in [-0.4, -0.2) is 27.9 Å². The molecule has 1 aromatic rings. The van der Waals surface area contributed by atoms with E-state index in [1.807, 2.05) is 19.1 Å². The van der Waals surface area contributed by atoms with Crippen molar-refractivity contribution in [3.63, 3.8) is 0 Å². The summed E-state index contributed by atoms with van der Waals surface area (Å²) in [4.78, 5) is 3.90. The maximum Gasteiger partial charge on any atom is 0.0839 e. The highest BCUT2D eigenvalue weighted by molar-refractivity contribution is 5.16. The number of nitrogens with zero attached hydrogens (tertiary/aromatic N) is 1. The number of hydrogen-bond donors (Lipinski definition) is 2. The van der Waals surface area contributed by atoms with E-state index in [1.165, 1.54) is 0 Å². The fourth-order valence-corrected chi connectivity index (χ4v) is 1.47. The van der Waals surface area contributed by atoms with E-state index in [4.69, 9.17) is 5.11 Å². The molecule has 2 N–H and O–H groups in total. The third-order valence-electron chi connectivity index (χ3n) is 2.23. The second kappa shape index (κ2) is 4.94. The van der Waals surface area contributed by atoms with E-state index in [0.29, 0.717) is 0 Å². The fourth-order valence-electron chi connectivity index (χ4n) is 1.47. The first-order valence-corrected chi connectivity index (χ1v) is 4.48. The molecule has 0 aliphatic carbocycles. The second-order valence-corrected chi connectivity index (χ2v) is 3.05. The highest BCUT2D eigenvalue weighted by Gasteiger charge is 2.17.